The summed E-state index contributed by atoms with van der Waals surface area (Å²) in [5, 5.41) is 0. The maximum atomic E-state index is 5.51. The molecule has 1 aromatic rings. The summed E-state index contributed by atoms with van der Waals surface area (Å²) in [6.45, 7) is 7.23. The van der Waals surface area contributed by atoms with Gasteiger partial charge in [0.25, 0.3) is 0 Å². The SMILES string of the molecule is CN1C(=S)[C@H]([Si](C)(C)C)[C@@H]1c1ccccc1. The first-order valence-electron chi connectivity index (χ1n) is 5.74. The van der Waals surface area contributed by atoms with Gasteiger partial charge in [-0.15, -0.1) is 0 Å². The zero-order valence-corrected chi connectivity index (χ0v) is 12.2. The van der Waals surface area contributed by atoms with Crippen molar-refractivity contribution in [2.24, 2.45) is 0 Å². The highest BCUT2D eigenvalue weighted by Crippen LogP contribution is 2.49. The van der Waals surface area contributed by atoms with Gasteiger partial charge in [0.15, 0.2) is 0 Å². The Morgan fingerprint density at radius 3 is 2.19 bits per heavy atom. The third-order valence-corrected chi connectivity index (χ3v) is 6.63. The van der Waals surface area contributed by atoms with Gasteiger partial charge < -0.3 is 4.90 Å². The molecular formula is C13H19NSSi. The second-order valence-corrected chi connectivity index (χ2v) is 11.4. The van der Waals surface area contributed by atoms with Crippen molar-refractivity contribution in [3.63, 3.8) is 0 Å². The van der Waals surface area contributed by atoms with E-state index in [0.717, 1.165) is 4.99 Å². The molecule has 16 heavy (non-hydrogen) atoms. The molecule has 1 fully saturated rings. The zero-order chi connectivity index (χ0) is 11.9. The molecule has 0 spiro atoms. The van der Waals surface area contributed by atoms with Crippen LogP contribution in [0.5, 0.6) is 0 Å². The normalized spacial score (nSPS) is 25.5. The van der Waals surface area contributed by atoms with Crippen molar-refractivity contribution in [2.75, 3.05) is 7.05 Å². The Labute approximate surface area is 104 Å². The average Bonchev–Trinajstić information content (AvgIpc) is 2.23. The Kier molecular flexibility index (Phi) is 2.93. The third kappa shape index (κ3) is 1.82. The molecule has 0 saturated carbocycles. The number of rotatable bonds is 2. The topological polar surface area (TPSA) is 3.24 Å². The van der Waals surface area contributed by atoms with Gasteiger partial charge in [-0.3, -0.25) is 0 Å². The van der Waals surface area contributed by atoms with Gasteiger partial charge in [0.05, 0.1) is 19.1 Å². The minimum atomic E-state index is -1.21. The molecule has 0 radical (unpaired) electrons. The van der Waals surface area contributed by atoms with E-state index in [1.165, 1.54) is 5.56 Å². The average molecular weight is 249 g/mol. The predicted molar refractivity (Wildman–Crippen MR) is 76.6 cm³/mol. The summed E-state index contributed by atoms with van der Waals surface area (Å²) in [5.74, 6) is 0. The molecule has 3 heteroatoms. The van der Waals surface area contributed by atoms with E-state index in [0.29, 0.717) is 11.6 Å². The van der Waals surface area contributed by atoms with Crippen LogP contribution in [0.3, 0.4) is 0 Å². The van der Waals surface area contributed by atoms with E-state index < -0.39 is 8.07 Å². The van der Waals surface area contributed by atoms with Crippen LogP contribution in [0.25, 0.3) is 0 Å². The second-order valence-electron chi connectivity index (χ2n) is 5.65. The van der Waals surface area contributed by atoms with Crippen LogP contribution in [0.1, 0.15) is 11.6 Å². The van der Waals surface area contributed by atoms with Gasteiger partial charge in [-0.05, 0) is 5.56 Å². The van der Waals surface area contributed by atoms with Crippen LogP contribution in [0.2, 0.25) is 25.2 Å². The van der Waals surface area contributed by atoms with Crippen LogP contribution < -0.4 is 0 Å². The molecule has 1 heterocycles. The fourth-order valence-corrected chi connectivity index (χ4v) is 6.15. The van der Waals surface area contributed by atoms with Crippen LogP contribution in [0.15, 0.2) is 30.3 Å². The van der Waals surface area contributed by atoms with Crippen molar-refractivity contribution in [1.29, 1.82) is 0 Å². The Balaban J connectivity index is 2.31. The van der Waals surface area contributed by atoms with Crippen molar-refractivity contribution < 1.29 is 0 Å². The first-order chi connectivity index (χ1) is 7.43. The third-order valence-electron chi connectivity index (χ3n) is 3.42. The van der Waals surface area contributed by atoms with Gasteiger partial charge >= 0.3 is 0 Å². The summed E-state index contributed by atoms with van der Waals surface area (Å²) in [4.78, 5) is 3.42. The Morgan fingerprint density at radius 1 is 1.12 bits per heavy atom. The largest absolute Gasteiger partial charge is 0.362 e. The number of likely N-dealkylation sites (tertiary alicyclic amines) is 1. The molecule has 2 atom stereocenters. The lowest BCUT2D eigenvalue weighted by molar-refractivity contribution is 0.306. The summed E-state index contributed by atoms with van der Waals surface area (Å²) in [6, 6.07) is 11.3. The highest BCUT2D eigenvalue weighted by atomic mass is 32.1. The second kappa shape index (κ2) is 3.97. The highest BCUT2D eigenvalue weighted by molar-refractivity contribution is 7.80. The molecule has 1 aliphatic rings. The molecule has 0 N–H and O–H groups in total. The molecule has 0 aromatic heterocycles. The van der Waals surface area contributed by atoms with Crippen molar-refractivity contribution in [3.8, 4) is 0 Å². The lowest BCUT2D eigenvalue weighted by atomic mass is 9.95. The molecule has 1 aromatic carbocycles. The van der Waals surface area contributed by atoms with Crippen LogP contribution in [0.4, 0.5) is 0 Å². The Bertz CT molecular complexity index is 396. The Hall–Kier alpha value is -0.673. The van der Waals surface area contributed by atoms with Gasteiger partial charge in [-0.2, -0.15) is 0 Å². The van der Waals surface area contributed by atoms with E-state index in [2.05, 4.69) is 61.9 Å². The summed E-state index contributed by atoms with van der Waals surface area (Å²) >= 11 is 5.51. The lowest BCUT2D eigenvalue weighted by Crippen LogP contribution is -2.56. The standard InChI is InChI=1S/C13H19NSSi/c1-14-11(10-8-6-5-7-9-10)12(13(14)15)16(2,3)4/h5-9,11-12H,1-4H3/t11-,12+/m0/s1. The first kappa shape index (κ1) is 11.8. The van der Waals surface area contributed by atoms with E-state index >= 15 is 0 Å². The van der Waals surface area contributed by atoms with Crippen LogP contribution in [0, 0.1) is 0 Å². The van der Waals surface area contributed by atoms with Crippen molar-refractivity contribution >= 4 is 25.3 Å². The van der Waals surface area contributed by atoms with Crippen LogP contribution in [-0.4, -0.2) is 25.0 Å². The molecule has 1 nitrogen and oxygen atoms in total. The predicted octanol–water partition coefficient (Wildman–Crippen LogP) is 3.71. The number of nitrogens with zero attached hydrogens (tertiary/aromatic N) is 1. The quantitative estimate of drug-likeness (QED) is 0.581. The molecule has 1 saturated heterocycles. The van der Waals surface area contributed by atoms with E-state index in [4.69, 9.17) is 12.2 Å². The van der Waals surface area contributed by atoms with Crippen molar-refractivity contribution in [2.45, 2.75) is 31.2 Å². The molecule has 0 unspecified atom stereocenters. The number of thiocarbonyl (C=S) groups is 1. The molecule has 1 aliphatic heterocycles. The number of benzene rings is 1. The summed E-state index contributed by atoms with van der Waals surface area (Å²) in [6.07, 6.45) is 0. The summed E-state index contributed by atoms with van der Waals surface area (Å²) < 4.78 is 0. The summed E-state index contributed by atoms with van der Waals surface area (Å²) in [5.41, 5.74) is 2.03. The Morgan fingerprint density at radius 2 is 1.69 bits per heavy atom. The minimum Gasteiger partial charge on any atom is -0.362 e. The van der Waals surface area contributed by atoms with Gasteiger partial charge in [0.2, 0.25) is 0 Å². The van der Waals surface area contributed by atoms with Gasteiger partial charge in [-0.1, -0.05) is 62.2 Å². The molecule has 2 rings (SSSR count). The highest BCUT2D eigenvalue weighted by Gasteiger charge is 2.49. The van der Waals surface area contributed by atoms with E-state index in [-0.39, 0.29) is 0 Å². The van der Waals surface area contributed by atoms with Gasteiger partial charge in [0.1, 0.15) is 0 Å². The summed E-state index contributed by atoms with van der Waals surface area (Å²) in [7, 11) is 0.914. The fraction of sp³-hybridized carbons (Fsp3) is 0.462. The first-order valence-corrected chi connectivity index (χ1v) is 9.73. The van der Waals surface area contributed by atoms with Crippen LogP contribution >= 0.6 is 12.2 Å². The van der Waals surface area contributed by atoms with E-state index in [1.54, 1.807) is 0 Å². The fourth-order valence-electron chi connectivity index (χ4n) is 2.54. The molecular weight excluding hydrogens is 230 g/mol. The molecule has 0 aliphatic carbocycles. The van der Waals surface area contributed by atoms with Gasteiger partial charge in [0, 0.05) is 12.6 Å². The smallest absolute Gasteiger partial charge is 0.0809 e. The lowest BCUT2D eigenvalue weighted by Gasteiger charge is -2.53. The maximum absolute atomic E-state index is 5.51. The minimum absolute atomic E-state index is 0.514. The van der Waals surface area contributed by atoms with Crippen molar-refractivity contribution in [3.05, 3.63) is 35.9 Å². The van der Waals surface area contributed by atoms with Gasteiger partial charge in [-0.25, -0.2) is 0 Å². The monoisotopic (exact) mass is 249 g/mol. The molecule has 0 bridgehead atoms. The molecule has 0 amide bonds. The zero-order valence-electron chi connectivity index (χ0n) is 10.4. The molecule has 86 valence electrons. The maximum Gasteiger partial charge on any atom is 0.0809 e. The van der Waals surface area contributed by atoms with Crippen LogP contribution in [-0.2, 0) is 0 Å². The van der Waals surface area contributed by atoms with E-state index in [9.17, 15) is 0 Å². The van der Waals surface area contributed by atoms with Crippen molar-refractivity contribution in [1.82, 2.24) is 4.90 Å². The number of hydrogen-bond acceptors (Lipinski definition) is 1. The number of hydrogen-bond donors (Lipinski definition) is 0. The van der Waals surface area contributed by atoms with E-state index in [1.807, 2.05) is 0 Å².